The Balaban J connectivity index is 0.00000176. The third-order valence-electron chi connectivity index (χ3n) is 5.71. The molecule has 2 aromatic rings. The van der Waals surface area contributed by atoms with Crippen molar-refractivity contribution in [3.8, 4) is 6.07 Å². The molecule has 3 rings (SSSR count). The van der Waals surface area contributed by atoms with Crippen LogP contribution in [0.2, 0.25) is 0 Å². The van der Waals surface area contributed by atoms with E-state index in [9.17, 15) is 15.5 Å². The van der Waals surface area contributed by atoms with Crippen molar-refractivity contribution in [3.05, 3.63) is 46.9 Å². The average Bonchev–Trinajstić information content (AvgIpc) is 2.86. The van der Waals surface area contributed by atoms with Crippen molar-refractivity contribution in [2.45, 2.75) is 58.7 Å². The SMILES string of the molecule is C/C(=C(/C#N)SCCC(O)C(O)CO)c1ccc2cc(N3CCCCC3)ccc2c1.CC. The number of allylic oxidation sites excluding steroid dienone is 2. The number of thioether (sulfide) groups is 1. The van der Waals surface area contributed by atoms with E-state index in [0.29, 0.717) is 17.1 Å². The summed E-state index contributed by atoms with van der Waals surface area (Å²) in [7, 11) is 0. The van der Waals surface area contributed by atoms with Crippen molar-refractivity contribution in [2.75, 3.05) is 30.3 Å². The molecule has 0 aliphatic carbocycles. The summed E-state index contributed by atoms with van der Waals surface area (Å²) < 4.78 is 0. The van der Waals surface area contributed by atoms with Gasteiger partial charge in [-0.2, -0.15) is 5.26 Å². The van der Waals surface area contributed by atoms with E-state index in [0.717, 1.165) is 29.6 Å². The molecule has 1 aliphatic heterocycles. The lowest BCUT2D eigenvalue weighted by atomic mass is 10.0. The second kappa shape index (κ2) is 13.5. The first-order valence-electron chi connectivity index (χ1n) is 11.5. The van der Waals surface area contributed by atoms with Crippen molar-refractivity contribution in [3.63, 3.8) is 0 Å². The molecule has 1 saturated heterocycles. The fraction of sp³-hybridized carbons (Fsp3) is 0.500. The number of aliphatic hydroxyl groups excluding tert-OH is 3. The van der Waals surface area contributed by atoms with Gasteiger partial charge >= 0.3 is 0 Å². The number of fused-ring (bicyclic) bond motifs is 1. The third-order valence-corrected chi connectivity index (χ3v) is 6.84. The number of aliphatic hydroxyl groups is 3. The van der Waals surface area contributed by atoms with Gasteiger partial charge in [-0.1, -0.05) is 32.0 Å². The minimum absolute atomic E-state index is 0.307. The van der Waals surface area contributed by atoms with Crippen LogP contribution in [-0.2, 0) is 0 Å². The topological polar surface area (TPSA) is 87.7 Å². The Morgan fingerprint density at radius 3 is 2.34 bits per heavy atom. The first-order chi connectivity index (χ1) is 15.5. The summed E-state index contributed by atoms with van der Waals surface area (Å²) >= 11 is 1.37. The zero-order chi connectivity index (χ0) is 23.5. The molecule has 1 fully saturated rings. The Morgan fingerprint density at radius 2 is 1.69 bits per heavy atom. The Bertz CT molecular complexity index is 932. The lowest BCUT2D eigenvalue weighted by molar-refractivity contribution is -0.0146. The van der Waals surface area contributed by atoms with E-state index >= 15 is 0 Å². The molecule has 0 aromatic heterocycles. The summed E-state index contributed by atoms with van der Waals surface area (Å²) in [6.07, 6.45) is 2.01. The van der Waals surface area contributed by atoms with Crippen LogP contribution in [0.15, 0.2) is 41.3 Å². The first kappa shape index (κ1) is 26.2. The molecule has 0 saturated carbocycles. The van der Waals surface area contributed by atoms with Crippen molar-refractivity contribution >= 4 is 33.8 Å². The molecule has 0 bridgehead atoms. The molecular weight excluding hydrogens is 420 g/mol. The van der Waals surface area contributed by atoms with Crippen LogP contribution in [0.5, 0.6) is 0 Å². The lowest BCUT2D eigenvalue weighted by Gasteiger charge is -2.29. The van der Waals surface area contributed by atoms with Crippen LogP contribution in [0.1, 0.15) is 52.0 Å². The molecule has 5 nitrogen and oxygen atoms in total. The zero-order valence-electron chi connectivity index (χ0n) is 19.4. The van der Waals surface area contributed by atoms with Gasteiger partial charge in [-0.15, -0.1) is 11.8 Å². The van der Waals surface area contributed by atoms with E-state index in [1.807, 2.05) is 20.8 Å². The van der Waals surface area contributed by atoms with Gasteiger partial charge in [0.1, 0.15) is 12.2 Å². The molecule has 2 atom stereocenters. The molecule has 32 heavy (non-hydrogen) atoms. The van der Waals surface area contributed by atoms with Gasteiger partial charge in [-0.3, -0.25) is 0 Å². The van der Waals surface area contributed by atoms with Gasteiger partial charge in [-0.05, 0) is 72.7 Å². The van der Waals surface area contributed by atoms with Gasteiger partial charge in [0.25, 0.3) is 0 Å². The fourth-order valence-corrected chi connectivity index (χ4v) is 4.73. The second-order valence-corrected chi connectivity index (χ2v) is 8.92. The van der Waals surface area contributed by atoms with E-state index in [2.05, 4.69) is 47.4 Å². The van der Waals surface area contributed by atoms with Crippen LogP contribution in [-0.4, -0.2) is 53.0 Å². The molecule has 2 unspecified atom stereocenters. The minimum Gasteiger partial charge on any atom is -0.394 e. The minimum atomic E-state index is -1.14. The summed E-state index contributed by atoms with van der Waals surface area (Å²) in [6, 6.07) is 15.1. The van der Waals surface area contributed by atoms with Gasteiger partial charge in [0, 0.05) is 24.5 Å². The molecule has 0 spiro atoms. The lowest BCUT2D eigenvalue weighted by Crippen LogP contribution is -2.29. The van der Waals surface area contributed by atoms with E-state index in [1.165, 1.54) is 42.1 Å². The van der Waals surface area contributed by atoms with Gasteiger partial charge in [0.15, 0.2) is 0 Å². The molecule has 2 aromatic carbocycles. The molecule has 174 valence electrons. The van der Waals surface area contributed by atoms with Crippen molar-refractivity contribution in [1.29, 1.82) is 5.26 Å². The van der Waals surface area contributed by atoms with Gasteiger partial charge in [0.05, 0.1) is 17.6 Å². The van der Waals surface area contributed by atoms with E-state index in [-0.39, 0.29) is 0 Å². The maximum atomic E-state index is 9.77. The Morgan fingerprint density at radius 1 is 1.03 bits per heavy atom. The van der Waals surface area contributed by atoms with Gasteiger partial charge in [-0.25, -0.2) is 0 Å². The summed E-state index contributed by atoms with van der Waals surface area (Å²) in [4.78, 5) is 3.05. The highest BCUT2D eigenvalue weighted by atomic mass is 32.2. The molecule has 3 N–H and O–H groups in total. The molecule has 1 heterocycles. The van der Waals surface area contributed by atoms with Crippen molar-refractivity contribution in [2.24, 2.45) is 0 Å². The highest BCUT2D eigenvalue weighted by Crippen LogP contribution is 2.31. The second-order valence-electron chi connectivity index (χ2n) is 7.81. The quantitative estimate of drug-likeness (QED) is 0.487. The van der Waals surface area contributed by atoms with Crippen LogP contribution in [0.4, 0.5) is 5.69 Å². The normalized spacial score (nSPS) is 16.5. The molecule has 0 radical (unpaired) electrons. The largest absolute Gasteiger partial charge is 0.394 e. The zero-order valence-corrected chi connectivity index (χ0v) is 20.2. The number of nitriles is 1. The number of piperidine rings is 1. The monoisotopic (exact) mass is 456 g/mol. The predicted molar refractivity (Wildman–Crippen MR) is 136 cm³/mol. The summed E-state index contributed by atoms with van der Waals surface area (Å²) in [5.74, 6) is 0.491. The number of rotatable bonds is 8. The Kier molecular flexibility index (Phi) is 11.1. The first-order valence-corrected chi connectivity index (χ1v) is 12.5. The predicted octanol–water partition coefficient (Wildman–Crippen LogP) is 4.95. The van der Waals surface area contributed by atoms with Gasteiger partial charge < -0.3 is 20.2 Å². The highest BCUT2D eigenvalue weighted by molar-refractivity contribution is 8.03. The maximum absolute atomic E-state index is 9.77. The van der Waals surface area contributed by atoms with E-state index in [1.54, 1.807) is 0 Å². The number of anilines is 1. The summed E-state index contributed by atoms with van der Waals surface area (Å²) in [6.45, 7) is 7.71. The summed E-state index contributed by atoms with van der Waals surface area (Å²) in [5.41, 5.74) is 3.19. The number of hydrogen-bond donors (Lipinski definition) is 3. The molecule has 0 amide bonds. The third kappa shape index (κ3) is 6.98. The fourth-order valence-electron chi connectivity index (χ4n) is 3.77. The maximum Gasteiger partial charge on any atom is 0.106 e. The molecular formula is C26H36N2O3S. The standard InChI is InChI=1S/C24H30N2O3S.C2H6/c1-17(24(15-25)30-12-9-22(28)23(29)16-27)18-5-6-20-14-21(8-7-19(20)13-18)26-10-3-2-4-11-26;1-2/h5-8,13-14,22-23,27-29H,2-4,9-12,16H2,1H3;1-2H3/b24-17+;. The number of hydrogen-bond acceptors (Lipinski definition) is 6. The molecule has 1 aliphatic rings. The van der Waals surface area contributed by atoms with Crippen molar-refractivity contribution in [1.82, 2.24) is 0 Å². The van der Waals surface area contributed by atoms with Crippen LogP contribution in [0.25, 0.3) is 16.3 Å². The molecule has 6 heteroatoms. The smallest absolute Gasteiger partial charge is 0.106 e. The van der Waals surface area contributed by atoms with E-state index in [4.69, 9.17) is 5.11 Å². The summed E-state index contributed by atoms with van der Waals surface area (Å²) in [5, 5.41) is 40.0. The van der Waals surface area contributed by atoms with E-state index < -0.39 is 18.8 Å². The van der Waals surface area contributed by atoms with Crippen LogP contribution in [0.3, 0.4) is 0 Å². The number of benzene rings is 2. The Hall–Kier alpha value is -2.04. The average molecular weight is 457 g/mol. The highest BCUT2D eigenvalue weighted by Gasteiger charge is 2.16. The van der Waals surface area contributed by atoms with Crippen molar-refractivity contribution < 1.29 is 15.3 Å². The van der Waals surface area contributed by atoms with Crippen LogP contribution in [0, 0.1) is 11.3 Å². The van der Waals surface area contributed by atoms with Crippen LogP contribution < -0.4 is 4.90 Å². The van der Waals surface area contributed by atoms with Crippen LogP contribution >= 0.6 is 11.8 Å². The Labute approximate surface area is 196 Å². The van der Waals surface area contributed by atoms with Gasteiger partial charge in [0.2, 0.25) is 0 Å². The number of nitrogens with zero attached hydrogens (tertiary/aromatic N) is 2.